The number of rotatable bonds is 7. The molecule has 0 unspecified atom stereocenters. The third-order valence-corrected chi connectivity index (χ3v) is 5.60. The predicted octanol–water partition coefficient (Wildman–Crippen LogP) is 2.81. The summed E-state index contributed by atoms with van der Waals surface area (Å²) in [6.45, 7) is 5.57. The minimum atomic E-state index is -0.0275. The van der Waals surface area contributed by atoms with Gasteiger partial charge in [-0.3, -0.25) is 4.79 Å². The fourth-order valence-electron chi connectivity index (χ4n) is 2.00. The van der Waals surface area contributed by atoms with Crippen molar-refractivity contribution in [2.45, 2.75) is 26.8 Å². The van der Waals surface area contributed by atoms with Gasteiger partial charge in [0.25, 0.3) is 0 Å². The molecule has 144 valence electrons. The van der Waals surface area contributed by atoms with E-state index in [0.29, 0.717) is 12.5 Å². The van der Waals surface area contributed by atoms with Gasteiger partial charge in [-0.25, -0.2) is 9.98 Å². The van der Waals surface area contributed by atoms with E-state index in [-0.39, 0.29) is 36.4 Å². The third-order valence-electron chi connectivity index (χ3n) is 3.60. The SMILES string of the molecule is Cc1nc(CNC(=NCC(=O)N(C)C)NCCc2cccs2)sc1C.I. The molecule has 9 heteroatoms. The third kappa shape index (κ3) is 7.58. The summed E-state index contributed by atoms with van der Waals surface area (Å²) in [6.07, 6.45) is 0.926. The Bertz CT molecular complexity index is 693. The second kappa shape index (κ2) is 11.5. The minimum Gasteiger partial charge on any atom is -0.356 e. The summed E-state index contributed by atoms with van der Waals surface area (Å²) in [4.78, 5) is 24.8. The number of likely N-dealkylation sites (N-methyl/N-ethyl adjacent to an activating group) is 1. The molecule has 0 aliphatic carbocycles. The zero-order chi connectivity index (χ0) is 18.2. The first-order chi connectivity index (χ1) is 12.0. The molecule has 6 nitrogen and oxygen atoms in total. The number of carbonyl (C=O) groups is 1. The number of aromatic nitrogens is 1. The van der Waals surface area contributed by atoms with E-state index in [4.69, 9.17) is 0 Å². The van der Waals surface area contributed by atoms with Gasteiger partial charge in [-0.2, -0.15) is 0 Å². The predicted molar refractivity (Wildman–Crippen MR) is 121 cm³/mol. The molecular weight excluding hydrogens is 481 g/mol. The Labute approximate surface area is 180 Å². The van der Waals surface area contributed by atoms with E-state index in [1.54, 1.807) is 41.7 Å². The van der Waals surface area contributed by atoms with Gasteiger partial charge in [0.1, 0.15) is 11.6 Å². The normalized spacial score (nSPS) is 11.0. The van der Waals surface area contributed by atoms with Crippen LogP contribution >= 0.6 is 46.7 Å². The molecular formula is C17H26IN5OS2. The molecule has 0 saturated heterocycles. The van der Waals surface area contributed by atoms with Crippen LogP contribution in [0.25, 0.3) is 0 Å². The van der Waals surface area contributed by atoms with Crippen LogP contribution in [0.2, 0.25) is 0 Å². The highest BCUT2D eigenvalue weighted by molar-refractivity contribution is 14.0. The second-order valence-corrected chi connectivity index (χ2v) is 8.13. The van der Waals surface area contributed by atoms with Crippen LogP contribution in [0.15, 0.2) is 22.5 Å². The molecule has 26 heavy (non-hydrogen) atoms. The van der Waals surface area contributed by atoms with E-state index in [9.17, 15) is 4.79 Å². The largest absolute Gasteiger partial charge is 0.356 e. The molecule has 2 rings (SSSR count). The average Bonchev–Trinajstić information content (AvgIpc) is 3.19. The quantitative estimate of drug-likeness (QED) is 0.344. The molecule has 0 saturated carbocycles. The van der Waals surface area contributed by atoms with Gasteiger partial charge in [-0.05, 0) is 31.7 Å². The summed E-state index contributed by atoms with van der Waals surface area (Å²) in [7, 11) is 3.46. The summed E-state index contributed by atoms with van der Waals surface area (Å²) >= 11 is 3.42. The van der Waals surface area contributed by atoms with Crippen molar-refractivity contribution in [3.63, 3.8) is 0 Å². The second-order valence-electron chi connectivity index (χ2n) is 5.81. The highest BCUT2D eigenvalue weighted by atomic mass is 127. The standard InChI is InChI=1S/C17H25N5OS2.HI/c1-12-13(2)25-15(21-12)10-19-17(20-11-16(23)22(3)4)18-8-7-14-6-5-9-24-14;/h5-6,9H,7-8,10-11H2,1-4H3,(H2,18,19,20);1H. The molecule has 1 amide bonds. The summed E-state index contributed by atoms with van der Waals surface area (Å²) in [5.74, 6) is 0.609. The number of halogens is 1. The lowest BCUT2D eigenvalue weighted by Gasteiger charge is -2.13. The fraction of sp³-hybridized carbons (Fsp3) is 0.471. The Balaban J connectivity index is 0.00000338. The molecule has 2 heterocycles. The van der Waals surface area contributed by atoms with Crippen LogP contribution in [0.1, 0.15) is 20.5 Å². The van der Waals surface area contributed by atoms with E-state index in [1.165, 1.54) is 9.75 Å². The van der Waals surface area contributed by atoms with Crippen LogP contribution in [0.4, 0.5) is 0 Å². The number of amides is 1. The summed E-state index contributed by atoms with van der Waals surface area (Å²) < 4.78 is 0. The molecule has 0 atom stereocenters. The number of carbonyl (C=O) groups excluding carboxylic acids is 1. The first-order valence-corrected chi connectivity index (χ1v) is 9.83. The molecule has 0 aromatic carbocycles. The van der Waals surface area contributed by atoms with Crippen molar-refractivity contribution >= 4 is 58.5 Å². The maximum Gasteiger partial charge on any atom is 0.243 e. The molecule has 0 spiro atoms. The number of nitrogens with one attached hydrogen (secondary N) is 2. The summed E-state index contributed by atoms with van der Waals surface area (Å²) in [6, 6.07) is 4.17. The van der Waals surface area contributed by atoms with Gasteiger partial charge in [0, 0.05) is 30.4 Å². The molecule has 2 aromatic rings. The molecule has 0 bridgehead atoms. The highest BCUT2D eigenvalue weighted by Crippen LogP contribution is 2.15. The number of hydrogen-bond donors (Lipinski definition) is 2. The average molecular weight is 507 g/mol. The number of thiophene rings is 1. The molecule has 0 radical (unpaired) electrons. The van der Waals surface area contributed by atoms with Crippen molar-refractivity contribution in [2.75, 3.05) is 27.2 Å². The van der Waals surface area contributed by atoms with Gasteiger partial charge < -0.3 is 15.5 Å². The zero-order valence-electron chi connectivity index (χ0n) is 15.5. The van der Waals surface area contributed by atoms with Gasteiger partial charge in [-0.1, -0.05) is 6.07 Å². The van der Waals surface area contributed by atoms with E-state index in [2.05, 4.69) is 45.0 Å². The lowest BCUT2D eigenvalue weighted by molar-refractivity contribution is -0.127. The Morgan fingerprint density at radius 1 is 1.31 bits per heavy atom. The van der Waals surface area contributed by atoms with Crippen LogP contribution < -0.4 is 10.6 Å². The van der Waals surface area contributed by atoms with Gasteiger partial charge in [0.2, 0.25) is 5.91 Å². The minimum absolute atomic E-state index is 0. The van der Waals surface area contributed by atoms with E-state index >= 15 is 0 Å². The van der Waals surface area contributed by atoms with Crippen molar-refractivity contribution in [2.24, 2.45) is 4.99 Å². The summed E-state index contributed by atoms with van der Waals surface area (Å²) in [5.41, 5.74) is 1.06. The molecule has 0 fully saturated rings. The maximum atomic E-state index is 11.8. The van der Waals surface area contributed by atoms with E-state index in [1.807, 2.05) is 6.92 Å². The van der Waals surface area contributed by atoms with Crippen LogP contribution in [0.3, 0.4) is 0 Å². The number of guanidine groups is 1. The van der Waals surface area contributed by atoms with Crippen molar-refractivity contribution in [3.8, 4) is 0 Å². The number of nitrogens with zero attached hydrogens (tertiary/aromatic N) is 3. The van der Waals surface area contributed by atoms with Crippen molar-refractivity contribution in [1.82, 2.24) is 20.5 Å². The first kappa shape index (κ1) is 22.8. The van der Waals surface area contributed by atoms with Crippen molar-refractivity contribution < 1.29 is 4.79 Å². The van der Waals surface area contributed by atoms with Crippen LogP contribution in [-0.4, -0.2) is 48.9 Å². The lowest BCUT2D eigenvalue weighted by Crippen LogP contribution is -2.39. The van der Waals surface area contributed by atoms with E-state index < -0.39 is 0 Å². The Morgan fingerprint density at radius 3 is 2.65 bits per heavy atom. The van der Waals surface area contributed by atoms with Crippen LogP contribution in [0.5, 0.6) is 0 Å². The number of thiazole rings is 1. The first-order valence-electron chi connectivity index (χ1n) is 8.13. The Hall–Kier alpha value is -1.20. The lowest BCUT2D eigenvalue weighted by atomic mass is 10.3. The smallest absolute Gasteiger partial charge is 0.243 e. The van der Waals surface area contributed by atoms with Crippen LogP contribution in [-0.2, 0) is 17.8 Å². The maximum absolute atomic E-state index is 11.8. The summed E-state index contributed by atoms with van der Waals surface area (Å²) in [5, 5.41) is 9.66. The Morgan fingerprint density at radius 2 is 2.08 bits per heavy atom. The number of hydrogen-bond acceptors (Lipinski definition) is 5. The highest BCUT2D eigenvalue weighted by Gasteiger charge is 2.07. The van der Waals surface area contributed by atoms with Gasteiger partial charge in [0.05, 0.1) is 12.2 Å². The van der Waals surface area contributed by atoms with Crippen molar-refractivity contribution in [3.05, 3.63) is 38.0 Å². The van der Waals surface area contributed by atoms with Crippen molar-refractivity contribution in [1.29, 1.82) is 0 Å². The monoisotopic (exact) mass is 507 g/mol. The van der Waals surface area contributed by atoms with E-state index in [0.717, 1.165) is 23.7 Å². The van der Waals surface area contributed by atoms with Gasteiger partial charge >= 0.3 is 0 Å². The fourth-order valence-corrected chi connectivity index (χ4v) is 3.58. The zero-order valence-corrected chi connectivity index (χ0v) is 19.5. The Kier molecular flexibility index (Phi) is 10.1. The number of aryl methyl sites for hydroxylation is 2. The molecule has 2 N–H and O–H groups in total. The van der Waals surface area contributed by atoms with Gasteiger partial charge in [-0.15, -0.1) is 46.7 Å². The molecule has 2 aromatic heterocycles. The van der Waals surface area contributed by atoms with Crippen LogP contribution in [0, 0.1) is 13.8 Å². The van der Waals surface area contributed by atoms with Gasteiger partial charge in [0.15, 0.2) is 5.96 Å². The topological polar surface area (TPSA) is 69.6 Å². The molecule has 0 aliphatic heterocycles. The number of aliphatic imine (C=N–C) groups is 1. The molecule has 0 aliphatic rings.